The number of primary amides is 1. The number of alkyl halides is 3. The summed E-state index contributed by atoms with van der Waals surface area (Å²) in [4.78, 5) is 21.5. The van der Waals surface area contributed by atoms with Crippen molar-refractivity contribution in [3.63, 3.8) is 0 Å². The van der Waals surface area contributed by atoms with Crippen molar-refractivity contribution in [1.29, 1.82) is 0 Å². The fourth-order valence-electron chi connectivity index (χ4n) is 1.05. The summed E-state index contributed by atoms with van der Waals surface area (Å²) in [5.74, 6) is -2.52. The minimum Gasteiger partial charge on any atom is -0.351 e. The molecular weight excluding hydrogens is 244 g/mol. The number of benzene rings is 1. The average molecular weight is 250 g/mol. The van der Waals surface area contributed by atoms with Crippen LogP contribution in [0.3, 0.4) is 0 Å². The van der Waals surface area contributed by atoms with Crippen molar-refractivity contribution in [2.75, 3.05) is 0 Å². The quantitative estimate of drug-likeness (QED) is 0.744. The second-order valence-corrected chi connectivity index (χ2v) is 3.01. The maximum atomic E-state index is 13.1. The van der Waals surface area contributed by atoms with Gasteiger partial charge < -0.3 is 5.73 Å². The number of imide groups is 1. The number of amides is 3. The van der Waals surface area contributed by atoms with Crippen LogP contribution in [0.5, 0.6) is 0 Å². The zero-order valence-electron chi connectivity index (χ0n) is 8.14. The van der Waals surface area contributed by atoms with E-state index in [-0.39, 0.29) is 0 Å². The molecule has 0 aromatic heterocycles. The van der Waals surface area contributed by atoms with Crippen LogP contribution in [-0.4, -0.2) is 11.9 Å². The molecule has 8 heteroatoms. The topological polar surface area (TPSA) is 72.2 Å². The molecule has 0 aliphatic carbocycles. The maximum Gasteiger partial charge on any atom is 0.416 e. The summed E-state index contributed by atoms with van der Waals surface area (Å²) in [5, 5.41) is 1.47. The lowest BCUT2D eigenvalue weighted by Crippen LogP contribution is -2.35. The second-order valence-electron chi connectivity index (χ2n) is 3.01. The molecule has 0 spiro atoms. The van der Waals surface area contributed by atoms with Gasteiger partial charge in [-0.2, -0.15) is 13.2 Å². The molecule has 3 amide bonds. The Labute approximate surface area is 92.4 Å². The molecule has 0 bridgehead atoms. The number of hydrogen-bond acceptors (Lipinski definition) is 2. The van der Waals surface area contributed by atoms with Crippen LogP contribution in [0.2, 0.25) is 0 Å². The van der Waals surface area contributed by atoms with E-state index in [1.54, 1.807) is 0 Å². The Morgan fingerprint density at radius 2 is 1.82 bits per heavy atom. The van der Waals surface area contributed by atoms with Crippen molar-refractivity contribution in [2.24, 2.45) is 5.73 Å². The average Bonchev–Trinajstić information content (AvgIpc) is 2.15. The Morgan fingerprint density at radius 3 is 2.29 bits per heavy atom. The molecule has 0 aliphatic rings. The smallest absolute Gasteiger partial charge is 0.351 e. The van der Waals surface area contributed by atoms with Crippen LogP contribution in [0.25, 0.3) is 0 Å². The van der Waals surface area contributed by atoms with E-state index in [1.165, 1.54) is 5.32 Å². The zero-order valence-corrected chi connectivity index (χ0v) is 8.14. The second kappa shape index (κ2) is 4.40. The van der Waals surface area contributed by atoms with Gasteiger partial charge in [0.15, 0.2) is 0 Å². The number of nitrogens with one attached hydrogen (secondary N) is 1. The maximum absolute atomic E-state index is 13.1. The highest BCUT2D eigenvalue weighted by Crippen LogP contribution is 2.30. The number of carbonyl (C=O) groups is 2. The van der Waals surface area contributed by atoms with Gasteiger partial charge in [0.1, 0.15) is 5.82 Å². The molecule has 0 saturated heterocycles. The number of nitrogens with two attached hydrogens (primary N) is 1. The molecule has 17 heavy (non-hydrogen) atoms. The lowest BCUT2D eigenvalue weighted by Gasteiger charge is -2.09. The minimum atomic E-state index is -4.71. The van der Waals surface area contributed by atoms with E-state index >= 15 is 0 Å². The van der Waals surface area contributed by atoms with Crippen LogP contribution in [0.4, 0.5) is 22.4 Å². The van der Waals surface area contributed by atoms with E-state index in [4.69, 9.17) is 0 Å². The van der Waals surface area contributed by atoms with E-state index in [0.717, 1.165) is 0 Å². The Morgan fingerprint density at radius 1 is 1.24 bits per heavy atom. The van der Waals surface area contributed by atoms with E-state index in [2.05, 4.69) is 5.73 Å². The van der Waals surface area contributed by atoms with Gasteiger partial charge in [-0.1, -0.05) is 0 Å². The predicted octanol–water partition coefficient (Wildman–Crippen LogP) is 1.65. The first-order valence-electron chi connectivity index (χ1n) is 4.19. The third kappa shape index (κ3) is 3.16. The van der Waals surface area contributed by atoms with Crippen LogP contribution in [0.15, 0.2) is 18.2 Å². The summed E-state index contributed by atoms with van der Waals surface area (Å²) < 4.78 is 49.9. The van der Waals surface area contributed by atoms with Gasteiger partial charge in [-0.25, -0.2) is 9.18 Å². The van der Waals surface area contributed by atoms with Gasteiger partial charge in [0.25, 0.3) is 5.91 Å². The van der Waals surface area contributed by atoms with Crippen LogP contribution in [0, 0.1) is 5.82 Å². The molecule has 0 fully saturated rings. The molecule has 1 rings (SSSR count). The van der Waals surface area contributed by atoms with Crippen molar-refractivity contribution >= 4 is 11.9 Å². The summed E-state index contributed by atoms with van der Waals surface area (Å²) in [5.41, 5.74) is 2.48. The number of rotatable bonds is 1. The van der Waals surface area contributed by atoms with Gasteiger partial charge in [0.05, 0.1) is 11.1 Å². The van der Waals surface area contributed by atoms with Crippen LogP contribution >= 0.6 is 0 Å². The lowest BCUT2D eigenvalue weighted by atomic mass is 10.1. The Hall–Kier alpha value is -2.12. The number of halogens is 4. The molecule has 0 atom stereocenters. The molecule has 4 nitrogen and oxygen atoms in total. The highest BCUT2D eigenvalue weighted by molar-refractivity contribution is 6.04. The first kappa shape index (κ1) is 12.9. The van der Waals surface area contributed by atoms with E-state index in [1.807, 2.05) is 0 Å². The van der Waals surface area contributed by atoms with Crippen molar-refractivity contribution in [2.45, 2.75) is 6.18 Å². The molecule has 0 saturated carbocycles. The number of urea groups is 1. The van der Waals surface area contributed by atoms with Gasteiger partial charge in [-0.15, -0.1) is 0 Å². The summed E-state index contributed by atoms with van der Waals surface area (Å²) >= 11 is 0. The standard InChI is InChI=1S/C9H6F4N2O2/c10-6-2-1-4(9(11,12)13)3-5(6)7(16)15-8(14)17/h1-3H,(H3,14,15,16,17). The molecule has 0 aliphatic heterocycles. The Balaban J connectivity index is 3.15. The SMILES string of the molecule is NC(=O)NC(=O)c1cc(C(F)(F)F)ccc1F. The van der Waals surface area contributed by atoms with Gasteiger partial charge in [-0.05, 0) is 18.2 Å². The highest BCUT2D eigenvalue weighted by Gasteiger charge is 2.32. The van der Waals surface area contributed by atoms with Gasteiger partial charge in [0.2, 0.25) is 0 Å². The first-order valence-corrected chi connectivity index (χ1v) is 4.19. The Bertz CT molecular complexity index is 471. The molecule has 0 radical (unpaired) electrons. The summed E-state index contributed by atoms with van der Waals surface area (Å²) in [6, 6.07) is -0.0188. The van der Waals surface area contributed by atoms with Gasteiger partial charge >= 0.3 is 12.2 Å². The van der Waals surface area contributed by atoms with Crippen molar-refractivity contribution < 1.29 is 27.2 Å². The summed E-state index contributed by atoms with van der Waals surface area (Å²) in [6.45, 7) is 0. The van der Waals surface area contributed by atoms with Crippen molar-refractivity contribution in [1.82, 2.24) is 5.32 Å². The minimum absolute atomic E-state index is 0.299. The van der Waals surface area contributed by atoms with E-state index in [0.29, 0.717) is 18.2 Å². The number of hydrogen-bond donors (Lipinski definition) is 2. The first-order chi connectivity index (χ1) is 7.71. The van der Waals surface area contributed by atoms with Gasteiger partial charge in [0, 0.05) is 0 Å². The predicted molar refractivity (Wildman–Crippen MR) is 48.5 cm³/mol. The molecule has 0 heterocycles. The highest BCUT2D eigenvalue weighted by atomic mass is 19.4. The fourth-order valence-corrected chi connectivity index (χ4v) is 1.05. The van der Waals surface area contributed by atoms with Crippen LogP contribution in [0.1, 0.15) is 15.9 Å². The molecule has 1 aromatic carbocycles. The summed E-state index contributed by atoms with van der Waals surface area (Å²) in [7, 11) is 0. The molecule has 0 unspecified atom stereocenters. The van der Waals surface area contributed by atoms with Crippen molar-refractivity contribution in [3.8, 4) is 0 Å². The monoisotopic (exact) mass is 250 g/mol. The van der Waals surface area contributed by atoms with E-state index < -0.39 is 35.1 Å². The molecule has 92 valence electrons. The lowest BCUT2D eigenvalue weighted by molar-refractivity contribution is -0.137. The van der Waals surface area contributed by atoms with E-state index in [9.17, 15) is 27.2 Å². The molecule has 3 N–H and O–H groups in total. The largest absolute Gasteiger partial charge is 0.416 e. The third-order valence-corrected chi connectivity index (χ3v) is 1.78. The summed E-state index contributed by atoms with van der Waals surface area (Å²) in [6.07, 6.45) is -4.71. The zero-order chi connectivity index (χ0) is 13.2. The Kier molecular flexibility index (Phi) is 3.35. The normalized spacial score (nSPS) is 11.1. The van der Waals surface area contributed by atoms with Crippen LogP contribution < -0.4 is 11.1 Å². The van der Waals surface area contributed by atoms with Gasteiger partial charge in [-0.3, -0.25) is 10.1 Å². The molecular formula is C9H6F4N2O2. The third-order valence-electron chi connectivity index (χ3n) is 1.78. The fraction of sp³-hybridized carbons (Fsp3) is 0.111. The number of carbonyl (C=O) groups excluding carboxylic acids is 2. The van der Waals surface area contributed by atoms with Crippen LogP contribution in [-0.2, 0) is 6.18 Å². The van der Waals surface area contributed by atoms with Crippen molar-refractivity contribution in [3.05, 3.63) is 35.1 Å². The molecule has 1 aromatic rings.